The highest BCUT2D eigenvalue weighted by Gasteiger charge is 2.42. The van der Waals surface area contributed by atoms with E-state index in [1.165, 1.54) is 48.6 Å². The van der Waals surface area contributed by atoms with E-state index in [-0.39, 0.29) is 67.6 Å². The first-order valence-corrected chi connectivity index (χ1v) is 28.7. The van der Waals surface area contributed by atoms with E-state index in [1.54, 1.807) is 41.5 Å². The van der Waals surface area contributed by atoms with Crippen LogP contribution < -0.4 is 47.9 Å². The number of amides is 9. The number of carboxylic acid groups (broad SMARTS) is 3. The van der Waals surface area contributed by atoms with Crippen LogP contribution in [0.4, 0.5) is 0 Å². The van der Waals surface area contributed by atoms with E-state index in [0.29, 0.717) is 37.1 Å². The van der Waals surface area contributed by atoms with Crippen LogP contribution >= 0.6 is 0 Å². The maximum Gasteiger partial charge on any atom is 0.326 e. The normalized spacial score (nSPS) is 18.1. The van der Waals surface area contributed by atoms with Gasteiger partial charge in [0.1, 0.15) is 60.1 Å². The zero-order chi connectivity index (χ0) is 63.2. The van der Waals surface area contributed by atoms with Crippen molar-refractivity contribution in [2.45, 2.75) is 192 Å². The number of nitrogens with one attached hydrogen (secondary N) is 9. The maximum atomic E-state index is 14.5. The Morgan fingerprint density at radius 2 is 1.09 bits per heavy atom. The molecule has 0 spiro atoms. The first-order valence-electron chi connectivity index (χ1n) is 28.7. The van der Waals surface area contributed by atoms with Crippen LogP contribution in [0, 0.1) is 17.8 Å². The molecule has 2 saturated heterocycles. The monoisotopic (exact) mass is 1200 g/mol. The predicted molar refractivity (Wildman–Crippen MR) is 301 cm³/mol. The number of likely N-dealkylation sites (tertiary alicyclic amines) is 1. The number of rotatable bonds is 34. The Hall–Kier alpha value is -8.21. The first-order chi connectivity index (χ1) is 40.0. The number of hydrogen-bond donors (Lipinski definition) is 15. The highest BCUT2D eigenvalue weighted by molar-refractivity contribution is 5.99. The minimum atomic E-state index is -1.85. The smallest absolute Gasteiger partial charge is 0.326 e. The van der Waals surface area contributed by atoms with E-state index >= 15 is 0 Å². The number of nitrogens with two attached hydrogens (primary N) is 1. The summed E-state index contributed by atoms with van der Waals surface area (Å²) in [5, 5.41) is 71.8. The number of phenolic OH excluding ortho intramolecular Hbond substituents is 1. The highest BCUT2D eigenvalue weighted by atomic mass is 16.4. The molecule has 29 nitrogen and oxygen atoms in total. The molecule has 2 fully saturated rings. The number of carbonyl (C=O) groups is 12. The molecule has 16 N–H and O–H groups in total. The summed E-state index contributed by atoms with van der Waals surface area (Å²) in [7, 11) is 0. The lowest BCUT2D eigenvalue weighted by Crippen LogP contribution is -2.89. The maximum absolute atomic E-state index is 14.5. The third kappa shape index (κ3) is 22.7. The van der Waals surface area contributed by atoms with Crippen LogP contribution in [0.3, 0.4) is 0 Å². The van der Waals surface area contributed by atoms with E-state index in [4.69, 9.17) is 0 Å². The van der Waals surface area contributed by atoms with Crippen LogP contribution in [0.2, 0.25) is 0 Å². The number of hydrogen-bond acceptors (Lipinski definition) is 15. The number of benzene rings is 1. The molecule has 3 heterocycles. The van der Waals surface area contributed by atoms with Crippen LogP contribution in [0.5, 0.6) is 5.75 Å². The average Bonchev–Trinajstić information content (AvgIpc) is 4.43. The van der Waals surface area contributed by atoms with Crippen molar-refractivity contribution in [3.63, 3.8) is 0 Å². The van der Waals surface area contributed by atoms with Gasteiger partial charge in [0.05, 0.1) is 25.4 Å². The Bertz CT molecular complexity index is 2650. The summed E-state index contributed by atoms with van der Waals surface area (Å²) in [6, 6.07) is -8.53. The number of nitrogens with zero attached hydrogens (tertiary/aromatic N) is 2. The number of carboxylic acids is 3. The summed E-state index contributed by atoms with van der Waals surface area (Å²) in [5.41, 5.74) is 0.659. The van der Waals surface area contributed by atoms with Crippen LogP contribution in [0.25, 0.3) is 0 Å². The molecule has 1 aromatic heterocycles. The molecule has 2 aromatic rings. The number of carbonyl (C=O) groups excluding carboxylic acids is 9. The zero-order valence-corrected chi connectivity index (χ0v) is 49.1. The van der Waals surface area contributed by atoms with Gasteiger partial charge in [-0.25, -0.2) is 9.78 Å². The highest BCUT2D eigenvalue weighted by Crippen LogP contribution is 2.21. The molecule has 2 aliphatic heterocycles. The Morgan fingerprint density at radius 3 is 1.60 bits per heavy atom. The summed E-state index contributed by atoms with van der Waals surface area (Å²) >= 11 is 0. The summed E-state index contributed by atoms with van der Waals surface area (Å²) in [6.07, 6.45) is 0.471. The Balaban J connectivity index is 1.59. The molecule has 9 amide bonds. The fraction of sp³-hybridized carbons (Fsp3) is 0.625. The SMILES string of the molecule is CC(C)C[C@H](NC(=O)[C@H](CC(=O)O)NC(=O)[C@H](Cc1ccc(O)cc1)NC(=O)[C@H](CC(C)C)NC(=O)[C@H](CCC(=O)O)NC(=O)[C@H](Cc1cnc[nH]1)NC(=O)[C@H](CC(C)C)NC(=O)[C@@H](NC(=O)[C@@H]1CCCN1C(=O)[C@@H]1CCC[NH2+]1)[C@@H](C)O)C(=O)O. The van der Waals surface area contributed by atoms with E-state index in [0.717, 1.165) is 13.0 Å². The van der Waals surface area contributed by atoms with Crippen LogP contribution in [0.1, 0.15) is 124 Å². The van der Waals surface area contributed by atoms with Gasteiger partial charge in [-0.3, -0.25) is 52.7 Å². The van der Waals surface area contributed by atoms with Gasteiger partial charge in [0.25, 0.3) is 5.91 Å². The van der Waals surface area contributed by atoms with Crippen molar-refractivity contribution >= 4 is 71.1 Å². The van der Waals surface area contributed by atoms with Crippen molar-refractivity contribution in [2.24, 2.45) is 17.8 Å². The first kappa shape index (κ1) is 69.3. The van der Waals surface area contributed by atoms with Crippen LogP contribution in [-0.4, -0.2) is 191 Å². The molecular formula is C56H85N12O17+. The van der Waals surface area contributed by atoms with Gasteiger partial charge in [-0.1, -0.05) is 53.7 Å². The molecule has 470 valence electrons. The van der Waals surface area contributed by atoms with Crippen molar-refractivity contribution in [1.82, 2.24) is 57.4 Å². The van der Waals surface area contributed by atoms with Crippen LogP contribution in [0.15, 0.2) is 36.8 Å². The van der Waals surface area contributed by atoms with Crippen molar-refractivity contribution in [1.29, 1.82) is 0 Å². The molecular weight excluding hydrogens is 1110 g/mol. The van der Waals surface area contributed by atoms with Gasteiger partial charge in [-0.15, -0.1) is 0 Å². The fourth-order valence-corrected chi connectivity index (χ4v) is 9.99. The molecule has 4 rings (SSSR count). The summed E-state index contributed by atoms with van der Waals surface area (Å²) in [5.74, 6) is -13.4. The lowest BCUT2D eigenvalue weighted by Gasteiger charge is -2.30. The molecule has 85 heavy (non-hydrogen) atoms. The van der Waals surface area contributed by atoms with Gasteiger partial charge in [-0.05, 0) is 80.9 Å². The lowest BCUT2D eigenvalue weighted by molar-refractivity contribution is -0.658. The topological polar surface area (TPSA) is 451 Å². The second kappa shape index (κ2) is 33.3. The number of aliphatic hydroxyl groups is 1. The average molecular weight is 1200 g/mol. The molecule has 0 saturated carbocycles. The van der Waals surface area contributed by atoms with Gasteiger partial charge >= 0.3 is 17.9 Å². The Labute approximate surface area is 492 Å². The van der Waals surface area contributed by atoms with E-state index in [1.807, 2.05) is 5.32 Å². The van der Waals surface area contributed by atoms with Crippen molar-refractivity contribution in [3.8, 4) is 5.75 Å². The number of phenols is 1. The Kier molecular flexibility index (Phi) is 27.2. The number of imidazole rings is 1. The second-order valence-electron chi connectivity index (χ2n) is 23.0. The number of aromatic hydroxyl groups is 1. The van der Waals surface area contributed by atoms with Gasteiger partial charge in [-0.2, -0.15) is 0 Å². The van der Waals surface area contributed by atoms with E-state index < -0.39 is 145 Å². The standard InChI is InChI=1S/C56H84N12O17/c1-28(2)20-37(48(76)62-39(23-32-12-14-34(70)15-13-32)50(78)64-41(25-45(73)74)52(80)66-42(56(84)85)22-30(5)6)61-47(75)35(16-17-44(71)72)60-51(79)40(24-33-26-57-27-59-33)63-49(77)38(21-29(3)4)65-54(82)46(31(7)69)67-53(81)43-11-9-19-68(43)55(83)36-10-8-18-58-36/h12-15,26-31,35-43,46,58,69-70H,8-11,16-25H2,1-7H3,(H,57,59)(H,60,79)(H,61,75)(H,62,76)(H,63,77)(H,64,78)(H,65,82)(H,66,80)(H,67,81)(H,71,72)(H,73,74)(H,84,85)/p+1/t31-,35+,36+,37+,38+,39+,40+,41+,42+,43+,46+/m1/s1. The fourth-order valence-electron chi connectivity index (χ4n) is 9.99. The van der Waals surface area contributed by atoms with Crippen LogP contribution in [-0.2, 0) is 70.4 Å². The number of aliphatic carboxylic acids is 3. The summed E-state index contributed by atoms with van der Waals surface area (Å²) in [4.78, 5) is 170. The third-order valence-electron chi connectivity index (χ3n) is 14.3. The minimum absolute atomic E-state index is 0.0243. The molecule has 0 bridgehead atoms. The summed E-state index contributed by atoms with van der Waals surface area (Å²) in [6.45, 7) is 12.7. The second-order valence-corrected chi connectivity index (χ2v) is 23.0. The predicted octanol–water partition coefficient (Wildman–Crippen LogP) is -2.56. The van der Waals surface area contributed by atoms with Gasteiger partial charge in [0.15, 0.2) is 6.04 Å². The number of aromatic amines is 1. The van der Waals surface area contributed by atoms with Gasteiger partial charge in [0.2, 0.25) is 47.3 Å². The molecule has 0 aliphatic carbocycles. The number of quaternary nitrogens is 1. The molecule has 0 radical (unpaired) electrons. The Morgan fingerprint density at radius 1 is 0.600 bits per heavy atom. The quantitative estimate of drug-likeness (QED) is 0.0343. The zero-order valence-electron chi connectivity index (χ0n) is 49.1. The third-order valence-corrected chi connectivity index (χ3v) is 14.3. The number of aliphatic hydroxyl groups excluding tert-OH is 1. The summed E-state index contributed by atoms with van der Waals surface area (Å²) < 4.78 is 0. The largest absolute Gasteiger partial charge is 0.508 e. The van der Waals surface area contributed by atoms with Crippen molar-refractivity contribution in [3.05, 3.63) is 48.0 Å². The number of aromatic nitrogens is 2. The molecule has 29 heteroatoms. The molecule has 0 unspecified atom stereocenters. The van der Waals surface area contributed by atoms with Crippen molar-refractivity contribution in [2.75, 3.05) is 13.1 Å². The van der Waals surface area contributed by atoms with Crippen molar-refractivity contribution < 1.29 is 88.4 Å². The van der Waals surface area contributed by atoms with Gasteiger partial charge in [0, 0.05) is 50.5 Å². The minimum Gasteiger partial charge on any atom is -0.508 e. The molecule has 1 aromatic carbocycles. The van der Waals surface area contributed by atoms with Gasteiger partial charge < -0.3 is 83.3 Å². The van der Waals surface area contributed by atoms with E-state index in [9.17, 15) is 83.1 Å². The molecule has 11 atom stereocenters. The number of H-pyrrole nitrogens is 1. The van der Waals surface area contributed by atoms with E-state index in [2.05, 4.69) is 52.5 Å². The molecule has 2 aliphatic rings. The lowest BCUT2D eigenvalue weighted by atomic mass is 9.99.